The van der Waals surface area contributed by atoms with Gasteiger partial charge in [0.15, 0.2) is 0 Å². The molecule has 0 saturated carbocycles. The molecule has 58 valence electrons. The highest BCUT2D eigenvalue weighted by Crippen LogP contribution is 2.12. The van der Waals surface area contributed by atoms with Gasteiger partial charge in [-0.25, -0.2) is 0 Å². The fourth-order valence-electron chi connectivity index (χ4n) is 0.785. The molecule has 0 spiro atoms. The normalized spacial score (nSPS) is 11.0. The molecule has 0 aromatic carbocycles. The van der Waals surface area contributed by atoms with Crippen molar-refractivity contribution >= 4 is 0 Å². The van der Waals surface area contributed by atoms with Gasteiger partial charge in [-0.3, -0.25) is 0 Å². The fourth-order valence-corrected chi connectivity index (χ4v) is 0.785. The third kappa shape index (κ3) is 7.52. The summed E-state index contributed by atoms with van der Waals surface area (Å²) in [6, 6.07) is 0. The zero-order valence-electron chi connectivity index (χ0n) is 6.85. The van der Waals surface area contributed by atoms with Crippen molar-refractivity contribution in [1.29, 1.82) is 0 Å². The summed E-state index contributed by atoms with van der Waals surface area (Å²) in [5.41, 5.74) is -0.519. The van der Waals surface area contributed by atoms with Crippen molar-refractivity contribution in [1.82, 2.24) is 0 Å². The lowest BCUT2D eigenvalue weighted by atomic mass is 10.0. The molecule has 0 aliphatic heterocycles. The van der Waals surface area contributed by atoms with Gasteiger partial charge in [0, 0.05) is 6.42 Å². The number of unbranched alkanes of at least 4 members (excludes halogenated alkanes) is 2. The predicted octanol–water partition coefficient (Wildman–Crippen LogP) is 1.95. The Bertz CT molecular complexity index is 114. The van der Waals surface area contributed by atoms with Crippen LogP contribution in [0.15, 0.2) is 0 Å². The highest BCUT2D eigenvalue weighted by molar-refractivity contribution is 4.83. The van der Waals surface area contributed by atoms with E-state index in [1.54, 1.807) is 0 Å². The molecule has 0 unspecified atom stereocenters. The molecule has 0 atom stereocenters. The zero-order chi connectivity index (χ0) is 8.04. The van der Waals surface area contributed by atoms with Gasteiger partial charge in [-0.15, -0.1) is 12.3 Å². The Hall–Kier alpha value is -0.480. The van der Waals surface area contributed by atoms with Crippen LogP contribution in [0.5, 0.6) is 0 Å². The van der Waals surface area contributed by atoms with E-state index in [9.17, 15) is 5.11 Å². The number of rotatable bonds is 4. The van der Waals surface area contributed by atoms with Gasteiger partial charge in [-0.1, -0.05) is 0 Å². The standard InChI is InChI=1S/C9H16O/c1-4-5-6-7-8-9(2,3)10/h1,10H,5-8H2,2-3H3. The van der Waals surface area contributed by atoms with E-state index < -0.39 is 5.60 Å². The summed E-state index contributed by atoms with van der Waals surface area (Å²) in [4.78, 5) is 0. The van der Waals surface area contributed by atoms with Crippen LogP contribution >= 0.6 is 0 Å². The molecule has 0 aromatic rings. The van der Waals surface area contributed by atoms with Gasteiger partial charge in [0.1, 0.15) is 0 Å². The molecule has 0 aromatic heterocycles. The quantitative estimate of drug-likeness (QED) is 0.467. The summed E-state index contributed by atoms with van der Waals surface area (Å²) in [7, 11) is 0. The largest absolute Gasteiger partial charge is 0.390 e. The minimum Gasteiger partial charge on any atom is -0.390 e. The Kier molecular flexibility index (Phi) is 4.14. The summed E-state index contributed by atoms with van der Waals surface area (Å²) in [6.45, 7) is 3.64. The molecule has 10 heavy (non-hydrogen) atoms. The number of hydrogen-bond donors (Lipinski definition) is 1. The van der Waals surface area contributed by atoms with E-state index in [4.69, 9.17) is 6.42 Å². The Balaban J connectivity index is 3.14. The van der Waals surface area contributed by atoms with Crippen molar-refractivity contribution in [2.24, 2.45) is 0 Å². The van der Waals surface area contributed by atoms with E-state index in [0.29, 0.717) is 0 Å². The van der Waals surface area contributed by atoms with Crippen LogP contribution in [0.1, 0.15) is 39.5 Å². The van der Waals surface area contributed by atoms with Crippen LogP contribution in [0, 0.1) is 12.3 Å². The van der Waals surface area contributed by atoms with Crippen LogP contribution in [0.25, 0.3) is 0 Å². The van der Waals surface area contributed by atoms with Crippen LogP contribution in [0.4, 0.5) is 0 Å². The fraction of sp³-hybridized carbons (Fsp3) is 0.778. The zero-order valence-corrected chi connectivity index (χ0v) is 6.85. The molecule has 0 fully saturated rings. The molecular weight excluding hydrogens is 124 g/mol. The van der Waals surface area contributed by atoms with Gasteiger partial charge in [0.05, 0.1) is 5.60 Å². The molecule has 1 heteroatoms. The lowest BCUT2D eigenvalue weighted by Gasteiger charge is -2.15. The van der Waals surface area contributed by atoms with Gasteiger partial charge in [-0.05, 0) is 33.1 Å². The number of terminal acetylenes is 1. The minimum absolute atomic E-state index is 0.519. The monoisotopic (exact) mass is 140 g/mol. The van der Waals surface area contributed by atoms with E-state index in [-0.39, 0.29) is 0 Å². The van der Waals surface area contributed by atoms with Gasteiger partial charge in [0.2, 0.25) is 0 Å². The third-order valence-corrected chi connectivity index (χ3v) is 1.36. The first-order valence-electron chi connectivity index (χ1n) is 3.72. The van der Waals surface area contributed by atoms with Gasteiger partial charge >= 0.3 is 0 Å². The van der Waals surface area contributed by atoms with Crippen LogP contribution < -0.4 is 0 Å². The number of hydrogen-bond acceptors (Lipinski definition) is 1. The molecule has 0 radical (unpaired) electrons. The summed E-state index contributed by atoms with van der Waals surface area (Å²) in [5, 5.41) is 9.27. The van der Waals surface area contributed by atoms with E-state index in [1.807, 2.05) is 13.8 Å². The topological polar surface area (TPSA) is 20.2 Å². The highest BCUT2D eigenvalue weighted by Gasteiger charge is 2.10. The van der Waals surface area contributed by atoms with E-state index in [1.165, 1.54) is 0 Å². The van der Waals surface area contributed by atoms with Crippen molar-refractivity contribution in [3.05, 3.63) is 0 Å². The average molecular weight is 140 g/mol. The molecule has 0 saturated heterocycles. The van der Waals surface area contributed by atoms with Gasteiger partial charge < -0.3 is 5.11 Å². The second-order valence-electron chi connectivity index (χ2n) is 3.22. The lowest BCUT2D eigenvalue weighted by molar-refractivity contribution is 0.0683. The van der Waals surface area contributed by atoms with E-state index >= 15 is 0 Å². The first-order valence-corrected chi connectivity index (χ1v) is 3.72. The minimum atomic E-state index is -0.519. The summed E-state index contributed by atoms with van der Waals surface area (Å²) < 4.78 is 0. The van der Waals surface area contributed by atoms with Crippen LogP contribution in [-0.2, 0) is 0 Å². The van der Waals surface area contributed by atoms with Crippen LogP contribution in [-0.4, -0.2) is 10.7 Å². The SMILES string of the molecule is C#CCCCCC(C)(C)O. The van der Waals surface area contributed by atoms with Crippen LogP contribution in [0.3, 0.4) is 0 Å². The molecule has 0 heterocycles. The van der Waals surface area contributed by atoms with Crippen molar-refractivity contribution in [3.63, 3.8) is 0 Å². The maximum atomic E-state index is 9.27. The Morgan fingerprint density at radius 3 is 2.40 bits per heavy atom. The Morgan fingerprint density at radius 2 is 2.00 bits per heavy atom. The highest BCUT2D eigenvalue weighted by atomic mass is 16.3. The predicted molar refractivity (Wildman–Crippen MR) is 43.6 cm³/mol. The van der Waals surface area contributed by atoms with Crippen molar-refractivity contribution in [2.45, 2.75) is 45.1 Å². The Labute approximate surface area is 63.5 Å². The summed E-state index contributed by atoms with van der Waals surface area (Å²) >= 11 is 0. The summed E-state index contributed by atoms with van der Waals surface area (Å²) in [5.74, 6) is 2.57. The molecule has 0 aliphatic rings. The van der Waals surface area contributed by atoms with Crippen molar-refractivity contribution < 1.29 is 5.11 Å². The smallest absolute Gasteiger partial charge is 0.0591 e. The Morgan fingerprint density at radius 1 is 1.40 bits per heavy atom. The molecule has 0 aliphatic carbocycles. The molecule has 0 rings (SSSR count). The van der Waals surface area contributed by atoms with Crippen molar-refractivity contribution in [3.8, 4) is 12.3 Å². The van der Waals surface area contributed by atoms with Crippen LogP contribution in [0.2, 0.25) is 0 Å². The summed E-state index contributed by atoms with van der Waals surface area (Å²) in [6.07, 6.45) is 8.79. The lowest BCUT2D eigenvalue weighted by Crippen LogP contribution is -2.17. The molecule has 1 N–H and O–H groups in total. The second-order valence-corrected chi connectivity index (χ2v) is 3.22. The van der Waals surface area contributed by atoms with E-state index in [0.717, 1.165) is 25.7 Å². The molecule has 1 nitrogen and oxygen atoms in total. The number of aliphatic hydroxyl groups is 1. The maximum absolute atomic E-state index is 9.27. The molecular formula is C9H16O. The van der Waals surface area contributed by atoms with E-state index in [2.05, 4.69) is 5.92 Å². The third-order valence-electron chi connectivity index (χ3n) is 1.36. The molecule has 0 amide bonds. The first kappa shape index (κ1) is 9.52. The second kappa shape index (κ2) is 4.35. The van der Waals surface area contributed by atoms with Crippen molar-refractivity contribution in [2.75, 3.05) is 0 Å². The van der Waals surface area contributed by atoms with Gasteiger partial charge in [-0.2, -0.15) is 0 Å². The molecule has 0 bridgehead atoms. The first-order chi connectivity index (χ1) is 4.56. The average Bonchev–Trinajstić information content (AvgIpc) is 1.78. The maximum Gasteiger partial charge on any atom is 0.0591 e. The van der Waals surface area contributed by atoms with Gasteiger partial charge in [0.25, 0.3) is 0 Å².